The molecule has 1 spiro atoms. The number of hydrogen-bond donors (Lipinski definition) is 1. The molecule has 1 aromatic carbocycles. The highest BCUT2D eigenvalue weighted by Gasteiger charge is 2.54. The van der Waals surface area contributed by atoms with Gasteiger partial charge in [-0.15, -0.1) is 0 Å². The highest BCUT2D eigenvalue weighted by atomic mass is 16.3. The number of likely N-dealkylation sites (tertiary alicyclic amines) is 1. The number of imidazole rings is 1. The fourth-order valence-electron chi connectivity index (χ4n) is 5.16. The van der Waals surface area contributed by atoms with Gasteiger partial charge in [0, 0.05) is 54.9 Å². The smallest absolute Gasteiger partial charge is 0.287 e. The summed E-state index contributed by atoms with van der Waals surface area (Å²) in [6.07, 6.45) is 11.7. The van der Waals surface area contributed by atoms with Crippen molar-refractivity contribution in [2.24, 2.45) is 11.3 Å². The van der Waals surface area contributed by atoms with E-state index in [4.69, 9.17) is 4.42 Å². The lowest BCUT2D eigenvalue weighted by molar-refractivity contribution is 0.0668. The molecule has 1 atom stereocenters. The Bertz CT molecular complexity index is 1300. The Kier molecular flexibility index (Phi) is 4.94. The molecule has 1 N–H and O–H groups in total. The summed E-state index contributed by atoms with van der Waals surface area (Å²) in [5.74, 6) is 0.660. The number of rotatable bonds is 5. The van der Waals surface area contributed by atoms with Crippen LogP contribution in [0.2, 0.25) is 0 Å². The maximum Gasteiger partial charge on any atom is 0.287 e. The van der Waals surface area contributed by atoms with Crippen LogP contribution in [0, 0.1) is 11.3 Å². The van der Waals surface area contributed by atoms with Gasteiger partial charge in [-0.1, -0.05) is 0 Å². The van der Waals surface area contributed by atoms with Gasteiger partial charge < -0.3 is 19.2 Å². The van der Waals surface area contributed by atoms with E-state index in [1.807, 2.05) is 46.0 Å². The second-order valence-electron chi connectivity index (χ2n) is 9.31. The number of piperidine rings is 1. The molecule has 172 valence electrons. The molecule has 3 aromatic heterocycles. The topological polar surface area (TPSA) is 93.3 Å². The number of carbonyl (C=O) groups excluding carboxylic acids is 2. The number of nitrogens with one attached hydrogen (secondary N) is 1. The van der Waals surface area contributed by atoms with Crippen LogP contribution < -0.4 is 5.32 Å². The van der Waals surface area contributed by atoms with E-state index in [-0.39, 0.29) is 17.2 Å². The summed E-state index contributed by atoms with van der Waals surface area (Å²) in [7, 11) is 0. The predicted octanol–water partition coefficient (Wildman–Crippen LogP) is 3.69. The first-order chi connectivity index (χ1) is 16.6. The first kappa shape index (κ1) is 20.7. The first-order valence-corrected chi connectivity index (χ1v) is 11.6. The number of fused-ring (bicyclic) bond motifs is 1. The zero-order valence-electron chi connectivity index (χ0n) is 18.7. The SMILES string of the molecule is O=C(NCC1CC12CCN(C(=O)c1ccc(-n3ccnc3)cc1)CC2)c1cc2ccncc2o1. The molecule has 4 aromatic rings. The Labute approximate surface area is 196 Å². The van der Waals surface area contributed by atoms with Gasteiger partial charge in [0.15, 0.2) is 11.3 Å². The Morgan fingerprint density at radius 2 is 1.91 bits per heavy atom. The van der Waals surface area contributed by atoms with Crippen molar-refractivity contribution in [1.82, 2.24) is 24.8 Å². The standard InChI is InChI=1S/C26H25N5O3/c32-24(22-13-19-5-8-27-16-23(19)34-22)29-15-20-14-26(20)6-10-30(11-7-26)25(33)18-1-3-21(4-2-18)31-12-9-28-17-31/h1-5,8-9,12-13,16-17,20H,6-7,10-11,14-15H2,(H,29,32). The van der Waals surface area contributed by atoms with Gasteiger partial charge in [-0.05, 0) is 67.0 Å². The van der Waals surface area contributed by atoms with Crippen molar-refractivity contribution in [2.75, 3.05) is 19.6 Å². The maximum atomic E-state index is 13.0. The maximum absolute atomic E-state index is 13.0. The van der Waals surface area contributed by atoms with E-state index in [1.165, 1.54) is 0 Å². The zero-order chi connectivity index (χ0) is 23.1. The predicted molar refractivity (Wildman–Crippen MR) is 126 cm³/mol. The molecule has 1 saturated carbocycles. The number of nitrogens with zero attached hydrogens (tertiary/aromatic N) is 4. The molecular formula is C26H25N5O3. The van der Waals surface area contributed by atoms with Crippen molar-refractivity contribution < 1.29 is 14.0 Å². The number of carbonyl (C=O) groups is 2. The summed E-state index contributed by atoms with van der Waals surface area (Å²) in [5, 5.41) is 3.90. The van der Waals surface area contributed by atoms with Crippen LogP contribution in [0.1, 0.15) is 40.2 Å². The van der Waals surface area contributed by atoms with Crippen LogP contribution in [0.3, 0.4) is 0 Å². The van der Waals surface area contributed by atoms with Gasteiger partial charge in [0.1, 0.15) is 0 Å². The van der Waals surface area contributed by atoms with Crippen molar-refractivity contribution in [1.29, 1.82) is 0 Å². The third kappa shape index (κ3) is 3.75. The van der Waals surface area contributed by atoms with Gasteiger partial charge in [0.2, 0.25) is 0 Å². The second-order valence-corrected chi connectivity index (χ2v) is 9.31. The molecule has 0 radical (unpaired) electrons. The van der Waals surface area contributed by atoms with E-state index in [0.717, 1.165) is 43.4 Å². The van der Waals surface area contributed by atoms with E-state index in [0.29, 0.717) is 29.4 Å². The van der Waals surface area contributed by atoms with Crippen LogP contribution in [-0.4, -0.2) is 50.9 Å². The van der Waals surface area contributed by atoms with Gasteiger partial charge in [-0.2, -0.15) is 0 Å². The molecule has 1 aliphatic carbocycles. The van der Waals surface area contributed by atoms with E-state index < -0.39 is 0 Å². The molecule has 0 bridgehead atoms. The lowest BCUT2D eigenvalue weighted by Crippen LogP contribution is -2.40. The highest BCUT2D eigenvalue weighted by Crippen LogP contribution is 2.59. The van der Waals surface area contributed by atoms with Gasteiger partial charge in [-0.3, -0.25) is 14.6 Å². The Hall–Kier alpha value is -3.94. The van der Waals surface area contributed by atoms with E-state index in [1.54, 1.807) is 31.0 Å². The number of amides is 2. The summed E-state index contributed by atoms with van der Waals surface area (Å²) < 4.78 is 7.52. The lowest BCUT2D eigenvalue weighted by Gasteiger charge is -2.33. The molecule has 8 nitrogen and oxygen atoms in total. The van der Waals surface area contributed by atoms with Crippen molar-refractivity contribution in [3.05, 3.63) is 78.8 Å². The monoisotopic (exact) mass is 455 g/mol. The number of aromatic nitrogens is 3. The molecule has 6 rings (SSSR count). The van der Waals surface area contributed by atoms with Gasteiger partial charge in [0.25, 0.3) is 11.8 Å². The Morgan fingerprint density at radius 3 is 2.65 bits per heavy atom. The highest BCUT2D eigenvalue weighted by molar-refractivity contribution is 5.96. The van der Waals surface area contributed by atoms with Crippen LogP contribution in [-0.2, 0) is 0 Å². The third-order valence-corrected chi connectivity index (χ3v) is 7.38. The van der Waals surface area contributed by atoms with Crippen molar-refractivity contribution >= 4 is 22.8 Å². The van der Waals surface area contributed by atoms with Gasteiger partial charge in [-0.25, -0.2) is 4.98 Å². The average molecular weight is 456 g/mol. The molecule has 2 aliphatic rings. The minimum atomic E-state index is -0.190. The minimum absolute atomic E-state index is 0.0805. The molecule has 2 fully saturated rings. The molecule has 34 heavy (non-hydrogen) atoms. The third-order valence-electron chi connectivity index (χ3n) is 7.38. The van der Waals surface area contributed by atoms with Crippen molar-refractivity contribution in [3.8, 4) is 5.69 Å². The van der Waals surface area contributed by atoms with Gasteiger partial charge >= 0.3 is 0 Å². The summed E-state index contributed by atoms with van der Waals surface area (Å²) in [4.78, 5) is 35.6. The average Bonchev–Trinajstić information content (AvgIpc) is 3.26. The Balaban J connectivity index is 1.01. The fraction of sp³-hybridized carbons (Fsp3) is 0.308. The molecular weight excluding hydrogens is 430 g/mol. The van der Waals surface area contributed by atoms with Crippen molar-refractivity contribution in [2.45, 2.75) is 19.3 Å². The number of benzene rings is 1. The van der Waals surface area contributed by atoms with Crippen molar-refractivity contribution in [3.63, 3.8) is 0 Å². The summed E-state index contributed by atoms with van der Waals surface area (Å²) in [6.45, 7) is 2.14. The zero-order valence-corrected chi connectivity index (χ0v) is 18.7. The second kappa shape index (κ2) is 8.13. The normalized spacial score (nSPS) is 18.8. The lowest BCUT2D eigenvalue weighted by atomic mass is 9.90. The molecule has 1 aliphatic heterocycles. The number of furan rings is 1. The summed E-state index contributed by atoms with van der Waals surface area (Å²) in [5.41, 5.74) is 2.55. The summed E-state index contributed by atoms with van der Waals surface area (Å²) >= 11 is 0. The molecule has 8 heteroatoms. The van der Waals surface area contributed by atoms with Crippen LogP contribution in [0.4, 0.5) is 0 Å². The van der Waals surface area contributed by atoms with Gasteiger partial charge in [0.05, 0.1) is 12.5 Å². The molecule has 1 saturated heterocycles. The largest absolute Gasteiger partial charge is 0.449 e. The fourth-order valence-corrected chi connectivity index (χ4v) is 5.16. The first-order valence-electron chi connectivity index (χ1n) is 11.6. The van der Waals surface area contributed by atoms with E-state index >= 15 is 0 Å². The Morgan fingerprint density at radius 1 is 1.09 bits per heavy atom. The molecule has 1 unspecified atom stereocenters. The number of hydrogen-bond acceptors (Lipinski definition) is 5. The molecule has 2 amide bonds. The van der Waals surface area contributed by atoms with Crippen LogP contribution in [0.5, 0.6) is 0 Å². The van der Waals surface area contributed by atoms with E-state index in [2.05, 4.69) is 15.3 Å². The minimum Gasteiger partial charge on any atom is -0.449 e. The number of pyridine rings is 1. The van der Waals surface area contributed by atoms with Crippen LogP contribution in [0.25, 0.3) is 16.7 Å². The molecule has 4 heterocycles. The quantitative estimate of drug-likeness (QED) is 0.496. The van der Waals surface area contributed by atoms with E-state index in [9.17, 15) is 9.59 Å². The summed E-state index contributed by atoms with van der Waals surface area (Å²) in [6, 6.07) is 11.2. The van der Waals surface area contributed by atoms with Crippen LogP contribution >= 0.6 is 0 Å². The van der Waals surface area contributed by atoms with Crippen LogP contribution in [0.15, 0.2) is 71.9 Å².